The first-order valence-corrected chi connectivity index (χ1v) is 8.98. The fourth-order valence-corrected chi connectivity index (χ4v) is 3.79. The quantitative estimate of drug-likeness (QED) is 0.863. The Hall–Kier alpha value is -2.82. The summed E-state index contributed by atoms with van der Waals surface area (Å²) in [6, 6.07) is 15.5. The van der Waals surface area contributed by atoms with Crippen LogP contribution >= 0.6 is 0 Å². The van der Waals surface area contributed by atoms with E-state index in [9.17, 15) is 9.59 Å². The zero-order valence-electron chi connectivity index (χ0n) is 14.8. The number of hydrogen-bond acceptors (Lipinski definition) is 3. The molecule has 1 aliphatic carbocycles. The van der Waals surface area contributed by atoms with Crippen molar-refractivity contribution in [3.63, 3.8) is 0 Å². The second-order valence-corrected chi connectivity index (χ2v) is 7.08. The highest BCUT2D eigenvalue weighted by atomic mass is 16.5. The number of benzene rings is 2. The number of nitrogens with zero attached hydrogens (tertiary/aromatic N) is 1. The summed E-state index contributed by atoms with van der Waals surface area (Å²) in [5.74, 6) is 0.605. The van der Waals surface area contributed by atoms with E-state index in [1.807, 2.05) is 49.4 Å². The Labute approximate surface area is 153 Å². The van der Waals surface area contributed by atoms with Gasteiger partial charge < -0.3 is 10.1 Å². The first kappa shape index (κ1) is 16.6. The summed E-state index contributed by atoms with van der Waals surface area (Å²) in [6.07, 6.45) is 2.00. The maximum absolute atomic E-state index is 13.0. The van der Waals surface area contributed by atoms with E-state index in [1.54, 1.807) is 0 Å². The number of rotatable bonds is 4. The highest BCUT2D eigenvalue weighted by Crippen LogP contribution is 2.33. The van der Waals surface area contributed by atoms with Gasteiger partial charge in [-0.2, -0.15) is 0 Å². The molecule has 1 spiro atoms. The second-order valence-electron chi connectivity index (χ2n) is 7.08. The predicted molar refractivity (Wildman–Crippen MR) is 98.1 cm³/mol. The lowest BCUT2D eigenvalue weighted by Crippen LogP contribution is -2.51. The first-order chi connectivity index (χ1) is 12.6. The molecule has 26 heavy (non-hydrogen) atoms. The van der Waals surface area contributed by atoms with Crippen LogP contribution in [0.25, 0.3) is 0 Å². The van der Waals surface area contributed by atoms with Gasteiger partial charge in [-0.15, -0.1) is 0 Å². The van der Waals surface area contributed by atoms with Gasteiger partial charge in [0.15, 0.2) is 0 Å². The predicted octanol–water partition coefficient (Wildman–Crippen LogP) is 2.85. The molecular formula is C21H22N2O3. The fraction of sp³-hybridized carbons (Fsp3) is 0.333. The minimum absolute atomic E-state index is 0.135. The molecule has 0 bridgehead atoms. The lowest BCUT2D eigenvalue weighted by molar-refractivity contribution is -0.132. The van der Waals surface area contributed by atoms with Gasteiger partial charge >= 0.3 is 6.03 Å². The molecule has 1 fully saturated rings. The SMILES string of the molecule is Cc1ccc(OCCN2C(=O)N[C@]3(CCc4ccccc4C3)C2=O)cc1. The highest BCUT2D eigenvalue weighted by Gasteiger charge is 2.52. The smallest absolute Gasteiger partial charge is 0.325 e. The molecular weight excluding hydrogens is 328 g/mol. The molecule has 1 atom stereocenters. The Morgan fingerprint density at radius 3 is 2.58 bits per heavy atom. The van der Waals surface area contributed by atoms with Crippen molar-refractivity contribution < 1.29 is 14.3 Å². The van der Waals surface area contributed by atoms with Crippen molar-refractivity contribution in [2.45, 2.75) is 31.7 Å². The number of carbonyl (C=O) groups excluding carboxylic acids is 2. The fourth-order valence-electron chi connectivity index (χ4n) is 3.79. The van der Waals surface area contributed by atoms with E-state index in [-0.39, 0.29) is 25.1 Å². The van der Waals surface area contributed by atoms with Gasteiger partial charge in [-0.1, -0.05) is 42.0 Å². The van der Waals surface area contributed by atoms with Crippen molar-refractivity contribution in [2.24, 2.45) is 0 Å². The molecule has 1 saturated heterocycles. The standard InChI is InChI=1S/C21H22N2O3/c1-15-6-8-18(9-7-15)26-13-12-23-19(24)21(22-20(23)25)11-10-16-4-2-3-5-17(16)14-21/h2-9H,10-14H2,1H3,(H,22,25)/t21-/m0/s1. The normalized spacial score (nSPS) is 21.7. The number of imide groups is 1. The van der Waals surface area contributed by atoms with Crippen molar-refractivity contribution in [1.29, 1.82) is 0 Å². The van der Waals surface area contributed by atoms with Gasteiger partial charge in [0.2, 0.25) is 0 Å². The molecule has 0 aromatic heterocycles. The number of nitrogens with one attached hydrogen (secondary N) is 1. The van der Waals surface area contributed by atoms with Crippen LogP contribution in [0.4, 0.5) is 4.79 Å². The van der Waals surface area contributed by atoms with Crippen LogP contribution < -0.4 is 10.1 Å². The number of fused-ring (bicyclic) bond motifs is 1. The van der Waals surface area contributed by atoms with Crippen LogP contribution in [0.5, 0.6) is 5.75 Å². The van der Waals surface area contributed by atoms with Gasteiger partial charge in [-0.25, -0.2) is 4.79 Å². The lowest BCUT2D eigenvalue weighted by Gasteiger charge is -2.32. The maximum atomic E-state index is 13.0. The molecule has 4 rings (SSSR count). The molecule has 134 valence electrons. The van der Waals surface area contributed by atoms with Gasteiger partial charge in [-0.3, -0.25) is 9.69 Å². The third-order valence-electron chi connectivity index (χ3n) is 5.28. The Morgan fingerprint density at radius 2 is 1.81 bits per heavy atom. The summed E-state index contributed by atoms with van der Waals surface area (Å²) in [6.45, 7) is 2.55. The average Bonchev–Trinajstić information content (AvgIpc) is 2.87. The molecule has 5 nitrogen and oxygen atoms in total. The number of ether oxygens (including phenoxy) is 1. The van der Waals surface area contributed by atoms with Crippen molar-refractivity contribution in [3.8, 4) is 5.75 Å². The average molecular weight is 350 g/mol. The lowest BCUT2D eigenvalue weighted by atomic mass is 9.78. The summed E-state index contributed by atoms with van der Waals surface area (Å²) >= 11 is 0. The van der Waals surface area contributed by atoms with Gasteiger partial charge in [0.05, 0.1) is 6.54 Å². The van der Waals surface area contributed by atoms with Gasteiger partial charge in [-0.05, 0) is 43.0 Å². The van der Waals surface area contributed by atoms with E-state index >= 15 is 0 Å². The Morgan fingerprint density at radius 1 is 1.08 bits per heavy atom. The number of hydrogen-bond donors (Lipinski definition) is 1. The molecule has 1 aliphatic heterocycles. The molecule has 0 unspecified atom stereocenters. The van der Waals surface area contributed by atoms with Crippen LogP contribution in [-0.2, 0) is 17.6 Å². The van der Waals surface area contributed by atoms with Gasteiger partial charge in [0, 0.05) is 6.42 Å². The van der Waals surface area contributed by atoms with E-state index < -0.39 is 5.54 Å². The summed E-state index contributed by atoms with van der Waals surface area (Å²) in [5.41, 5.74) is 2.77. The van der Waals surface area contributed by atoms with E-state index in [0.717, 1.165) is 23.3 Å². The summed E-state index contributed by atoms with van der Waals surface area (Å²) < 4.78 is 5.68. The molecule has 2 aromatic carbocycles. The topological polar surface area (TPSA) is 58.6 Å². The summed E-state index contributed by atoms with van der Waals surface area (Å²) in [7, 11) is 0. The molecule has 1 heterocycles. The number of aryl methyl sites for hydroxylation is 2. The third-order valence-corrected chi connectivity index (χ3v) is 5.28. The monoisotopic (exact) mass is 350 g/mol. The van der Waals surface area contributed by atoms with Crippen LogP contribution in [0, 0.1) is 6.92 Å². The number of carbonyl (C=O) groups is 2. The molecule has 2 aliphatic rings. The third kappa shape index (κ3) is 2.94. The first-order valence-electron chi connectivity index (χ1n) is 8.98. The van der Waals surface area contributed by atoms with E-state index in [0.29, 0.717) is 12.8 Å². The van der Waals surface area contributed by atoms with E-state index in [4.69, 9.17) is 4.74 Å². The molecule has 2 aromatic rings. The van der Waals surface area contributed by atoms with E-state index in [1.165, 1.54) is 10.5 Å². The Bertz CT molecular complexity index is 847. The van der Waals surface area contributed by atoms with Crippen LogP contribution in [0.2, 0.25) is 0 Å². The van der Waals surface area contributed by atoms with Crippen LogP contribution in [-0.4, -0.2) is 35.5 Å². The zero-order chi connectivity index (χ0) is 18.1. The summed E-state index contributed by atoms with van der Waals surface area (Å²) in [5, 5.41) is 2.95. The largest absolute Gasteiger partial charge is 0.492 e. The molecule has 0 radical (unpaired) electrons. The van der Waals surface area contributed by atoms with Crippen molar-refractivity contribution in [3.05, 3.63) is 65.2 Å². The Kier molecular flexibility index (Phi) is 4.15. The van der Waals surface area contributed by atoms with Crippen molar-refractivity contribution >= 4 is 11.9 Å². The maximum Gasteiger partial charge on any atom is 0.325 e. The van der Waals surface area contributed by atoms with Crippen LogP contribution in [0.1, 0.15) is 23.1 Å². The molecule has 5 heteroatoms. The van der Waals surface area contributed by atoms with Crippen molar-refractivity contribution in [2.75, 3.05) is 13.2 Å². The summed E-state index contributed by atoms with van der Waals surface area (Å²) in [4.78, 5) is 26.7. The number of amides is 3. The van der Waals surface area contributed by atoms with Crippen LogP contribution in [0.3, 0.4) is 0 Å². The minimum atomic E-state index is -0.796. The second kappa shape index (κ2) is 6.48. The van der Waals surface area contributed by atoms with Gasteiger partial charge in [0.25, 0.3) is 5.91 Å². The van der Waals surface area contributed by atoms with E-state index in [2.05, 4.69) is 11.4 Å². The Balaban J connectivity index is 1.42. The zero-order valence-corrected chi connectivity index (χ0v) is 14.8. The molecule has 0 saturated carbocycles. The van der Waals surface area contributed by atoms with Crippen molar-refractivity contribution in [1.82, 2.24) is 10.2 Å². The minimum Gasteiger partial charge on any atom is -0.492 e. The molecule has 1 N–H and O–H groups in total. The molecule has 3 amide bonds. The van der Waals surface area contributed by atoms with Gasteiger partial charge in [0.1, 0.15) is 17.9 Å². The highest BCUT2D eigenvalue weighted by molar-refractivity contribution is 6.07. The number of urea groups is 1. The van der Waals surface area contributed by atoms with Crippen LogP contribution in [0.15, 0.2) is 48.5 Å².